The molecule has 5 nitrogen and oxygen atoms in total. The molecule has 2 rings (SSSR count). The van der Waals surface area contributed by atoms with E-state index in [9.17, 15) is 9.90 Å². The fraction of sp³-hybridized carbons (Fsp3) is 0.143. The number of anilines is 1. The molecule has 1 heterocycles. The molecule has 0 bridgehead atoms. The smallest absolute Gasteiger partial charge is 0.276 e. The summed E-state index contributed by atoms with van der Waals surface area (Å²) in [6.45, 7) is 0.370. The van der Waals surface area contributed by atoms with Gasteiger partial charge in [0.05, 0.1) is 12.5 Å². The Bertz CT molecular complexity index is 611. The molecule has 0 fully saturated rings. The zero-order chi connectivity index (χ0) is 13.7. The number of para-hydroxylation sites is 1. The number of hydrogen-bond donors (Lipinski definition) is 2. The van der Waals surface area contributed by atoms with Gasteiger partial charge in [0.1, 0.15) is 11.4 Å². The molecule has 0 saturated carbocycles. The van der Waals surface area contributed by atoms with E-state index >= 15 is 0 Å². The summed E-state index contributed by atoms with van der Waals surface area (Å²) in [5, 5.41) is 21.0. The number of carbonyl (C=O) groups is 1. The summed E-state index contributed by atoms with van der Waals surface area (Å²) >= 11 is 0. The summed E-state index contributed by atoms with van der Waals surface area (Å²) in [5.41, 5.74) is 0.819. The summed E-state index contributed by atoms with van der Waals surface area (Å²) in [6.07, 6.45) is 1.87. The molecule has 0 radical (unpaired) electrons. The number of rotatable bonds is 4. The number of amides is 1. The standard InChI is InChI=1S/C14H13N3O2/c15-8-4-9-17-10-7-12(18)13(17)14(19)16-11-5-2-1-3-6-11/h1-3,5-7,10,18H,4,9H2,(H,16,19). The number of aromatic nitrogens is 1. The maximum atomic E-state index is 12.1. The summed E-state index contributed by atoms with van der Waals surface area (Å²) in [6, 6.07) is 12.4. The first kappa shape index (κ1) is 12.7. The Morgan fingerprint density at radius 3 is 2.74 bits per heavy atom. The number of nitrogens with one attached hydrogen (secondary N) is 1. The van der Waals surface area contributed by atoms with E-state index in [0.29, 0.717) is 12.2 Å². The minimum Gasteiger partial charge on any atom is -0.505 e. The first-order chi connectivity index (χ1) is 9.22. The Morgan fingerprint density at radius 1 is 1.32 bits per heavy atom. The summed E-state index contributed by atoms with van der Waals surface area (Å²) in [5.74, 6) is -0.488. The van der Waals surface area contributed by atoms with Gasteiger partial charge < -0.3 is 15.0 Å². The Hall–Kier alpha value is -2.74. The van der Waals surface area contributed by atoms with Crippen molar-refractivity contribution in [2.24, 2.45) is 0 Å². The van der Waals surface area contributed by atoms with Crippen LogP contribution < -0.4 is 5.32 Å². The van der Waals surface area contributed by atoms with Crippen molar-refractivity contribution >= 4 is 11.6 Å². The highest BCUT2D eigenvalue weighted by molar-refractivity contribution is 6.05. The van der Waals surface area contributed by atoms with Gasteiger partial charge in [0, 0.05) is 18.4 Å². The first-order valence-corrected chi connectivity index (χ1v) is 5.84. The normalized spacial score (nSPS) is 9.84. The van der Waals surface area contributed by atoms with Crippen LogP contribution in [0.5, 0.6) is 5.75 Å². The van der Waals surface area contributed by atoms with Crippen LogP contribution in [0.4, 0.5) is 5.69 Å². The van der Waals surface area contributed by atoms with Gasteiger partial charge >= 0.3 is 0 Å². The maximum absolute atomic E-state index is 12.1. The first-order valence-electron chi connectivity index (χ1n) is 5.84. The highest BCUT2D eigenvalue weighted by Gasteiger charge is 2.16. The van der Waals surface area contributed by atoms with E-state index < -0.39 is 5.91 Å². The topological polar surface area (TPSA) is 78.1 Å². The quantitative estimate of drug-likeness (QED) is 0.880. The molecule has 0 saturated heterocycles. The lowest BCUT2D eigenvalue weighted by Crippen LogP contribution is -2.17. The molecule has 96 valence electrons. The van der Waals surface area contributed by atoms with Crippen molar-refractivity contribution in [2.45, 2.75) is 13.0 Å². The third kappa shape index (κ3) is 2.93. The Kier molecular flexibility index (Phi) is 3.84. The van der Waals surface area contributed by atoms with Gasteiger partial charge in [-0.15, -0.1) is 0 Å². The lowest BCUT2D eigenvalue weighted by atomic mass is 10.3. The lowest BCUT2D eigenvalue weighted by Gasteiger charge is -2.08. The molecule has 0 unspecified atom stereocenters. The van der Waals surface area contributed by atoms with E-state index in [2.05, 4.69) is 5.32 Å². The SMILES string of the molecule is N#CCCn1ccc(O)c1C(=O)Nc1ccccc1. The number of carbonyl (C=O) groups excluding carboxylic acids is 1. The summed E-state index contributed by atoms with van der Waals surface area (Å²) in [4.78, 5) is 12.1. The van der Waals surface area contributed by atoms with Crippen molar-refractivity contribution < 1.29 is 9.90 Å². The monoisotopic (exact) mass is 255 g/mol. The van der Waals surface area contributed by atoms with Crippen LogP contribution >= 0.6 is 0 Å². The fourth-order valence-electron chi connectivity index (χ4n) is 1.78. The Labute approximate surface area is 110 Å². The average Bonchev–Trinajstić information content (AvgIpc) is 2.78. The molecular weight excluding hydrogens is 242 g/mol. The summed E-state index contributed by atoms with van der Waals surface area (Å²) < 4.78 is 1.57. The number of aryl methyl sites for hydroxylation is 1. The zero-order valence-electron chi connectivity index (χ0n) is 10.2. The summed E-state index contributed by atoms with van der Waals surface area (Å²) in [7, 11) is 0. The van der Waals surface area contributed by atoms with Crippen LogP contribution in [-0.2, 0) is 6.54 Å². The lowest BCUT2D eigenvalue weighted by molar-refractivity contribution is 0.101. The van der Waals surface area contributed by atoms with Crippen LogP contribution in [0.2, 0.25) is 0 Å². The third-order valence-electron chi connectivity index (χ3n) is 2.65. The van der Waals surface area contributed by atoms with E-state index in [-0.39, 0.29) is 17.9 Å². The van der Waals surface area contributed by atoms with Crippen LogP contribution in [0.15, 0.2) is 42.6 Å². The molecule has 19 heavy (non-hydrogen) atoms. The Balaban J connectivity index is 2.19. The predicted molar refractivity (Wildman–Crippen MR) is 70.7 cm³/mol. The van der Waals surface area contributed by atoms with E-state index in [1.165, 1.54) is 6.07 Å². The highest BCUT2D eigenvalue weighted by Crippen LogP contribution is 2.20. The van der Waals surface area contributed by atoms with Crippen LogP contribution in [0.1, 0.15) is 16.9 Å². The fourth-order valence-corrected chi connectivity index (χ4v) is 1.78. The van der Waals surface area contributed by atoms with E-state index in [1.807, 2.05) is 24.3 Å². The molecule has 1 aromatic heterocycles. The molecule has 0 aliphatic heterocycles. The molecule has 0 aliphatic carbocycles. The molecule has 0 aliphatic rings. The minimum absolute atomic E-state index is 0.0913. The molecule has 5 heteroatoms. The molecule has 1 amide bonds. The van der Waals surface area contributed by atoms with E-state index in [4.69, 9.17) is 5.26 Å². The van der Waals surface area contributed by atoms with Crippen molar-refractivity contribution in [3.63, 3.8) is 0 Å². The zero-order valence-corrected chi connectivity index (χ0v) is 10.2. The second-order valence-electron chi connectivity index (χ2n) is 3.97. The molecular formula is C14H13N3O2. The second kappa shape index (κ2) is 5.74. The molecule has 0 spiro atoms. The van der Waals surface area contributed by atoms with Crippen molar-refractivity contribution in [1.82, 2.24) is 4.57 Å². The number of hydrogen-bond acceptors (Lipinski definition) is 3. The number of aromatic hydroxyl groups is 1. The van der Waals surface area contributed by atoms with Crippen LogP contribution in [0.3, 0.4) is 0 Å². The number of benzene rings is 1. The molecule has 2 N–H and O–H groups in total. The van der Waals surface area contributed by atoms with Crippen LogP contribution in [0.25, 0.3) is 0 Å². The van der Waals surface area contributed by atoms with Crippen molar-refractivity contribution in [3.8, 4) is 11.8 Å². The van der Waals surface area contributed by atoms with E-state index in [0.717, 1.165) is 0 Å². The van der Waals surface area contributed by atoms with Crippen molar-refractivity contribution in [2.75, 3.05) is 5.32 Å². The van der Waals surface area contributed by atoms with Gasteiger partial charge in [-0.3, -0.25) is 4.79 Å². The van der Waals surface area contributed by atoms with Crippen LogP contribution in [-0.4, -0.2) is 15.6 Å². The van der Waals surface area contributed by atoms with Crippen LogP contribution in [0, 0.1) is 11.3 Å². The van der Waals surface area contributed by atoms with Gasteiger partial charge in [-0.1, -0.05) is 18.2 Å². The van der Waals surface area contributed by atoms with E-state index in [1.54, 1.807) is 22.9 Å². The van der Waals surface area contributed by atoms with Gasteiger partial charge in [-0.25, -0.2) is 0 Å². The van der Waals surface area contributed by atoms with Gasteiger partial charge in [0.25, 0.3) is 5.91 Å². The van der Waals surface area contributed by atoms with Crippen molar-refractivity contribution in [1.29, 1.82) is 5.26 Å². The predicted octanol–water partition coefficient (Wildman–Crippen LogP) is 2.36. The number of nitriles is 1. The largest absolute Gasteiger partial charge is 0.505 e. The van der Waals surface area contributed by atoms with Gasteiger partial charge in [0.2, 0.25) is 0 Å². The van der Waals surface area contributed by atoms with Gasteiger partial charge in [-0.05, 0) is 18.2 Å². The molecule has 0 atom stereocenters. The van der Waals surface area contributed by atoms with Gasteiger partial charge in [0.15, 0.2) is 0 Å². The molecule has 2 aromatic rings. The minimum atomic E-state index is -0.397. The maximum Gasteiger partial charge on any atom is 0.276 e. The highest BCUT2D eigenvalue weighted by atomic mass is 16.3. The molecule has 1 aromatic carbocycles. The van der Waals surface area contributed by atoms with Gasteiger partial charge in [-0.2, -0.15) is 5.26 Å². The second-order valence-corrected chi connectivity index (χ2v) is 3.97. The number of nitrogens with zero attached hydrogens (tertiary/aromatic N) is 2. The average molecular weight is 255 g/mol. The third-order valence-corrected chi connectivity index (χ3v) is 2.65. The Morgan fingerprint density at radius 2 is 2.05 bits per heavy atom. The van der Waals surface area contributed by atoms with Crippen molar-refractivity contribution in [3.05, 3.63) is 48.3 Å².